The fraction of sp³-hybridized carbons (Fsp3) is 0.857. The van der Waals surface area contributed by atoms with Gasteiger partial charge in [0.25, 0.3) is 0 Å². The second-order valence-electron chi connectivity index (χ2n) is 2.84. The van der Waals surface area contributed by atoms with E-state index in [0.29, 0.717) is 6.61 Å². The van der Waals surface area contributed by atoms with Gasteiger partial charge >= 0.3 is 5.97 Å². The summed E-state index contributed by atoms with van der Waals surface area (Å²) >= 11 is 4.18. The molecule has 11 heavy (non-hydrogen) atoms. The van der Waals surface area contributed by atoms with Crippen molar-refractivity contribution in [1.82, 2.24) is 0 Å². The minimum absolute atomic E-state index is 0.320. The van der Waals surface area contributed by atoms with E-state index in [9.17, 15) is 4.79 Å². The van der Waals surface area contributed by atoms with E-state index in [4.69, 9.17) is 6.15 Å². The molecule has 2 N–H and O–H groups in total. The molecular formula is C7H15NO2S. The van der Waals surface area contributed by atoms with Crippen LogP contribution in [0, 0.1) is 0 Å². The van der Waals surface area contributed by atoms with Crippen molar-refractivity contribution < 1.29 is 10.9 Å². The number of hydrogen-bond acceptors (Lipinski definition) is 4. The van der Waals surface area contributed by atoms with Crippen LogP contribution in [0.25, 0.3) is 0 Å². The van der Waals surface area contributed by atoms with Gasteiger partial charge in [0.15, 0.2) is 0 Å². The number of ether oxygens (including phenoxy) is 1. The lowest BCUT2D eigenvalue weighted by molar-refractivity contribution is -0.145. The summed E-state index contributed by atoms with van der Waals surface area (Å²) in [4.78, 5) is 11.2. The van der Waals surface area contributed by atoms with Gasteiger partial charge in [0, 0.05) is 4.75 Å². The molecule has 0 spiro atoms. The minimum Gasteiger partial charge on any atom is -0.465 e. The molecule has 0 aliphatic heterocycles. The van der Waals surface area contributed by atoms with Gasteiger partial charge in [0.05, 0.1) is 6.61 Å². The molecule has 4 heteroatoms. The highest BCUT2D eigenvalue weighted by molar-refractivity contribution is 7.81. The van der Waals surface area contributed by atoms with Crippen molar-refractivity contribution in [3.05, 3.63) is 0 Å². The van der Waals surface area contributed by atoms with Crippen LogP contribution in [0.5, 0.6) is 0 Å². The molecule has 0 saturated heterocycles. The number of hydrogen-bond donors (Lipinski definition) is 2. The normalized spacial score (nSPS) is 15.5. The third-order valence-corrected chi connectivity index (χ3v) is 1.49. The summed E-state index contributed by atoms with van der Waals surface area (Å²) in [6, 6.07) is -0.694. The molecule has 3 nitrogen and oxygen atoms in total. The first-order valence-electron chi connectivity index (χ1n) is 3.99. The maximum atomic E-state index is 11.2. The molecule has 0 rings (SSSR count). The Bertz CT molecular complexity index is 158. The van der Waals surface area contributed by atoms with Gasteiger partial charge in [-0.25, -0.2) is 0 Å². The molecule has 0 aromatic carbocycles. The van der Waals surface area contributed by atoms with E-state index in [2.05, 4.69) is 18.4 Å². The highest BCUT2D eigenvalue weighted by Crippen LogP contribution is 2.16. The van der Waals surface area contributed by atoms with Gasteiger partial charge in [-0.15, -0.1) is 0 Å². The first-order valence-corrected chi connectivity index (χ1v) is 3.94. The molecule has 0 saturated carbocycles. The lowest BCUT2D eigenvalue weighted by Gasteiger charge is -2.23. The standard InChI is InChI=1S/C7H15NO2S/c1-4-10-6(9)5(8)7(2,3)11/h5,11H,4,8H2,1-3H3/t5-/m1/s1/i/hD. The predicted octanol–water partition coefficient (Wildman–Crippen LogP) is 0.585. The van der Waals surface area contributed by atoms with Crippen LogP contribution in [-0.4, -0.2) is 23.4 Å². The first kappa shape index (κ1) is 8.87. The van der Waals surface area contributed by atoms with Crippen molar-refractivity contribution in [3.8, 4) is 0 Å². The Morgan fingerprint density at radius 3 is 2.73 bits per heavy atom. The van der Waals surface area contributed by atoms with E-state index in [0.717, 1.165) is 0 Å². The van der Waals surface area contributed by atoms with Crippen LogP contribution < -0.4 is 5.73 Å². The molecule has 66 valence electrons. The van der Waals surface area contributed by atoms with Crippen molar-refractivity contribution >= 4 is 18.6 Å². The average Bonchev–Trinajstić information content (AvgIpc) is 1.85. The topological polar surface area (TPSA) is 52.3 Å². The van der Waals surface area contributed by atoms with E-state index >= 15 is 0 Å². The lowest BCUT2D eigenvalue weighted by atomic mass is 10.1. The summed E-state index contributed by atoms with van der Waals surface area (Å²) in [5.74, 6) is -0.437. The maximum absolute atomic E-state index is 11.2. The predicted molar refractivity (Wildman–Crippen MR) is 47.7 cm³/mol. The summed E-state index contributed by atoms with van der Waals surface area (Å²) in [7, 11) is 0. The van der Waals surface area contributed by atoms with Gasteiger partial charge in [0.1, 0.15) is 7.45 Å². The highest BCUT2D eigenvalue weighted by Gasteiger charge is 2.29. The molecule has 0 heterocycles. The van der Waals surface area contributed by atoms with Gasteiger partial charge in [-0.05, 0) is 20.8 Å². The Kier molecular flexibility index (Phi) is 3.20. The Balaban J connectivity index is 4.25. The molecule has 0 fully saturated rings. The van der Waals surface area contributed by atoms with Crippen molar-refractivity contribution in [1.29, 1.82) is 0 Å². The van der Waals surface area contributed by atoms with Crippen LogP contribution in [0.15, 0.2) is 0 Å². The molecule has 0 radical (unpaired) electrons. The summed E-state index contributed by atoms with van der Waals surface area (Å²) in [6.07, 6.45) is 0. The Morgan fingerprint density at radius 2 is 2.45 bits per heavy atom. The van der Waals surface area contributed by atoms with Crippen LogP contribution in [0.4, 0.5) is 0 Å². The van der Waals surface area contributed by atoms with Crippen LogP contribution >= 0.6 is 12.6 Å². The Morgan fingerprint density at radius 1 is 1.91 bits per heavy atom. The number of carbonyl (C=O) groups excluding carboxylic acids is 1. The molecule has 0 aromatic heterocycles. The molecule has 0 bridgehead atoms. The van der Waals surface area contributed by atoms with Gasteiger partial charge in [0.2, 0.25) is 0 Å². The summed E-state index contributed by atoms with van der Waals surface area (Å²) in [6.45, 7) is 5.55. The van der Waals surface area contributed by atoms with Gasteiger partial charge in [-0.1, -0.05) is 0 Å². The van der Waals surface area contributed by atoms with Crippen LogP contribution in [0.3, 0.4) is 0 Å². The molecule has 1 atom stereocenters. The molecule has 0 aliphatic carbocycles. The van der Waals surface area contributed by atoms with E-state index in [1.54, 1.807) is 20.8 Å². The maximum Gasteiger partial charge on any atom is 0.324 e. The lowest BCUT2D eigenvalue weighted by Crippen LogP contribution is -2.46. The monoisotopic (exact) mass is 178 g/mol. The average molecular weight is 178 g/mol. The SMILES string of the molecule is [2H]N[C@H](C(=O)OCC)C(C)(C)S. The second kappa shape index (κ2) is 3.97. The summed E-state index contributed by atoms with van der Waals surface area (Å²) < 4.78 is 11.1. The number of esters is 1. The largest absolute Gasteiger partial charge is 0.465 e. The van der Waals surface area contributed by atoms with E-state index in [1.165, 1.54) is 0 Å². The highest BCUT2D eigenvalue weighted by atomic mass is 32.1. The van der Waals surface area contributed by atoms with E-state index < -0.39 is 16.8 Å². The van der Waals surface area contributed by atoms with Crippen molar-refractivity contribution in [2.24, 2.45) is 5.73 Å². The van der Waals surface area contributed by atoms with Crippen molar-refractivity contribution in [2.45, 2.75) is 31.6 Å². The fourth-order valence-corrected chi connectivity index (χ4v) is 0.619. The van der Waals surface area contributed by atoms with Gasteiger partial charge in [-0.3, -0.25) is 4.79 Å². The first-order chi connectivity index (χ1) is 5.43. The Labute approximate surface area is 74.2 Å². The molecular weight excluding hydrogens is 162 g/mol. The van der Waals surface area contributed by atoms with Crippen LogP contribution in [-0.2, 0) is 9.53 Å². The zero-order chi connectivity index (χ0) is 9.78. The van der Waals surface area contributed by atoms with Crippen LogP contribution in [0.1, 0.15) is 20.8 Å². The number of nitrogens with two attached hydrogens (primary N) is 1. The van der Waals surface area contributed by atoms with E-state index in [1.807, 2.05) is 0 Å². The zero-order valence-electron chi connectivity index (χ0n) is 8.05. The number of carbonyl (C=O) groups is 1. The van der Waals surface area contributed by atoms with E-state index in [-0.39, 0.29) is 0 Å². The van der Waals surface area contributed by atoms with Gasteiger partial charge < -0.3 is 10.5 Å². The van der Waals surface area contributed by atoms with Gasteiger partial charge in [-0.2, -0.15) is 12.6 Å². The van der Waals surface area contributed by atoms with Crippen LogP contribution in [0.2, 0.25) is 1.41 Å². The third-order valence-electron chi connectivity index (χ3n) is 1.23. The molecule has 0 aromatic rings. The molecule has 0 unspecified atom stereocenters. The second-order valence-corrected chi connectivity index (χ2v) is 3.99. The third kappa shape index (κ3) is 3.62. The zero-order valence-corrected chi connectivity index (χ0v) is 7.94. The van der Waals surface area contributed by atoms with Crippen molar-refractivity contribution in [3.63, 3.8) is 0 Å². The number of thiol groups is 1. The molecule has 0 aliphatic rings. The van der Waals surface area contributed by atoms with Crippen molar-refractivity contribution in [2.75, 3.05) is 6.61 Å². The quantitative estimate of drug-likeness (QED) is 0.489. The minimum atomic E-state index is -0.694. The smallest absolute Gasteiger partial charge is 0.324 e. The summed E-state index contributed by atoms with van der Waals surface area (Å²) in [5.41, 5.74) is 2.13. The molecule has 0 amide bonds. The fourth-order valence-electron chi connectivity index (χ4n) is 0.514. The summed E-state index contributed by atoms with van der Waals surface area (Å²) in [5, 5.41) is 0. The Hall–Kier alpha value is -0.220. The number of rotatable bonds is 4.